The molecule has 2 aromatic carbocycles. The van der Waals surface area contributed by atoms with Gasteiger partial charge in [-0.25, -0.2) is 4.79 Å². The van der Waals surface area contributed by atoms with Crippen LogP contribution in [0.5, 0.6) is 5.75 Å². The second kappa shape index (κ2) is 15.4. The van der Waals surface area contributed by atoms with E-state index in [1.54, 1.807) is 6.07 Å². The number of thioether (sulfide) groups is 1. The summed E-state index contributed by atoms with van der Waals surface area (Å²) in [5.74, 6) is 0.923. The lowest BCUT2D eigenvalue weighted by atomic mass is 9.97. The van der Waals surface area contributed by atoms with Gasteiger partial charge in [-0.2, -0.15) is 4.68 Å². The zero-order valence-corrected chi connectivity index (χ0v) is 26.1. The van der Waals surface area contributed by atoms with E-state index in [-0.39, 0.29) is 21.8 Å². The van der Waals surface area contributed by atoms with Crippen LogP contribution in [0.15, 0.2) is 51.7 Å². The molecule has 0 aliphatic heterocycles. The molecule has 0 saturated heterocycles. The smallest absolute Gasteiger partial charge is 0.442 e. The van der Waals surface area contributed by atoms with Gasteiger partial charge in [0.25, 0.3) is 5.24 Å². The minimum Gasteiger partial charge on any atom is -0.489 e. The van der Waals surface area contributed by atoms with Gasteiger partial charge in [0.2, 0.25) is 5.89 Å². The number of nitrogens with zero attached hydrogens (tertiary/aromatic N) is 3. The fraction of sp³-hybridized carbons (Fsp3) is 0.483. The number of carbonyl (C=O) groups is 1. The van der Waals surface area contributed by atoms with Crippen LogP contribution in [-0.4, -0.2) is 39.1 Å². The van der Waals surface area contributed by atoms with E-state index in [4.69, 9.17) is 32.4 Å². The lowest BCUT2D eigenvalue weighted by Gasteiger charge is -2.20. The topological polar surface area (TPSA) is 77.6 Å². The number of ether oxygens (including phenoxy) is 1. The highest BCUT2D eigenvalue weighted by Crippen LogP contribution is 2.33. The molecule has 7 nitrogen and oxygen atoms in total. The Morgan fingerprint density at radius 2 is 1.69 bits per heavy atom. The first-order valence-electron chi connectivity index (χ1n) is 13.1. The van der Waals surface area contributed by atoms with Gasteiger partial charge >= 0.3 is 5.76 Å². The van der Waals surface area contributed by atoms with Crippen LogP contribution in [0.4, 0.5) is 4.79 Å². The molecule has 1 amide bonds. The highest BCUT2D eigenvalue weighted by atomic mass is 35.5. The van der Waals surface area contributed by atoms with Crippen LogP contribution in [0, 0.1) is 0 Å². The number of rotatable bonds is 9. The fourth-order valence-corrected chi connectivity index (χ4v) is 4.76. The van der Waals surface area contributed by atoms with Crippen molar-refractivity contribution in [3.8, 4) is 11.4 Å². The minimum absolute atomic E-state index is 0.0642. The Kier molecular flexibility index (Phi) is 12.9. The molecule has 10 heteroatoms. The quantitative estimate of drug-likeness (QED) is 0.247. The van der Waals surface area contributed by atoms with Gasteiger partial charge in [0, 0.05) is 30.3 Å². The van der Waals surface area contributed by atoms with Gasteiger partial charge < -0.3 is 14.1 Å². The van der Waals surface area contributed by atoms with Crippen molar-refractivity contribution < 1.29 is 13.9 Å². The molecule has 0 N–H and O–H groups in total. The summed E-state index contributed by atoms with van der Waals surface area (Å²) in [6.45, 7) is 15.4. The first kappa shape index (κ1) is 32.8. The van der Waals surface area contributed by atoms with Crippen molar-refractivity contribution in [2.45, 2.75) is 78.6 Å². The summed E-state index contributed by atoms with van der Waals surface area (Å²) in [6.07, 6.45) is 1.99. The zero-order valence-electron chi connectivity index (χ0n) is 23.8. The van der Waals surface area contributed by atoms with Crippen molar-refractivity contribution in [3.05, 3.63) is 74.5 Å². The van der Waals surface area contributed by atoms with E-state index in [0.717, 1.165) is 36.4 Å². The molecule has 0 atom stereocenters. The Morgan fingerprint density at radius 3 is 2.21 bits per heavy atom. The normalized spacial score (nSPS) is 11.2. The first-order valence-corrected chi connectivity index (χ1v) is 14.8. The molecule has 0 aliphatic rings. The molecule has 0 spiro atoms. The molecule has 1 heterocycles. The van der Waals surface area contributed by atoms with E-state index in [9.17, 15) is 9.59 Å². The van der Waals surface area contributed by atoms with Crippen LogP contribution in [-0.2, 0) is 11.2 Å². The van der Waals surface area contributed by atoms with E-state index >= 15 is 0 Å². The minimum atomic E-state index is -0.607. The summed E-state index contributed by atoms with van der Waals surface area (Å²) in [6, 6.07) is 13.2. The van der Waals surface area contributed by atoms with Gasteiger partial charge in [-0.15, -0.1) is 5.10 Å². The standard InChI is InChI=1S/C15H18Cl2N2O3.C14H21NOS/c1-8(2)21-12-7-11(9(16)6-10(12)17)19-14(20)22-13(18-19)15(3,4)5;1-3-10-15(11-4-2)14(16)17-12-13-8-6-5-7-9-13/h6-8H,1-5H3;5-9H,3-4,10-12H2,1-2H3. The predicted octanol–water partition coefficient (Wildman–Crippen LogP) is 8.38. The monoisotopic (exact) mass is 595 g/mol. The molecule has 214 valence electrons. The number of benzene rings is 2. The molecule has 3 aromatic rings. The SMILES string of the molecule is CC(C)Oc1cc(-n2nc(C(C)(C)C)oc2=O)c(Cl)cc1Cl.CCCN(CCC)C(=O)SCc1ccccc1. The average Bonchev–Trinajstić information content (AvgIpc) is 3.27. The van der Waals surface area contributed by atoms with Crippen LogP contribution >= 0.6 is 35.0 Å². The Morgan fingerprint density at radius 1 is 1.08 bits per heavy atom. The number of hydrogen-bond donors (Lipinski definition) is 0. The van der Waals surface area contributed by atoms with Gasteiger partial charge in [-0.3, -0.25) is 4.79 Å². The summed E-state index contributed by atoms with van der Waals surface area (Å²) >= 11 is 13.7. The number of hydrogen-bond acceptors (Lipinski definition) is 6. The summed E-state index contributed by atoms with van der Waals surface area (Å²) in [5.41, 5.74) is 1.19. The number of carbonyl (C=O) groups excluding carboxylic acids is 1. The third kappa shape index (κ3) is 10.2. The molecule has 0 unspecified atom stereocenters. The largest absolute Gasteiger partial charge is 0.489 e. The predicted molar refractivity (Wildman–Crippen MR) is 162 cm³/mol. The van der Waals surface area contributed by atoms with E-state index in [1.807, 2.05) is 57.7 Å². The van der Waals surface area contributed by atoms with Gasteiger partial charge in [-0.05, 0) is 38.3 Å². The van der Waals surface area contributed by atoms with Crippen LogP contribution in [0.3, 0.4) is 0 Å². The van der Waals surface area contributed by atoms with Crippen molar-refractivity contribution in [1.29, 1.82) is 0 Å². The van der Waals surface area contributed by atoms with Crippen molar-refractivity contribution in [1.82, 2.24) is 14.7 Å². The number of halogens is 2. The molecule has 39 heavy (non-hydrogen) atoms. The summed E-state index contributed by atoms with van der Waals surface area (Å²) in [7, 11) is 0. The highest BCUT2D eigenvalue weighted by molar-refractivity contribution is 8.12. The summed E-state index contributed by atoms with van der Waals surface area (Å²) in [4.78, 5) is 26.0. The fourth-order valence-electron chi connectivity index (χ4n) is 3.40. The average molecular weight is 597 g/mol. The molecule has 0 radical (unpaired) electrons. The Labute approximate surface area is 245 Å². The lowest BCUT2D eigenvalue weighted by Crippen LogP contribution is -2.29. The second-order valence-corrected chi connectivity index (χ2v) is 12.0. The van der Waals surface area contributed by atoms with Crippen molar-refractivity contribution in [3.63, 3.8) is 0 Å². The maximum atomic E-state index is 12.1. The molecule has 3 rings (SSSR count). The molecule has 0 fully saturated rings. The maximum Gasteiger partial charge on any atom is 0.442 e. The third-order valence-electron chi connectivity index (χ3n) is 5.23. The third-order valence-corrected chi connectivity index (χ3v) is 6.81. The van der Waals surface area contributed by atoms with Gasteiger partial charge in [0.05, 0.1) is 21.8 Å². The molecule has 0 aliphatic carbocycles. The number of amides is 1. The van der Waals surface area contributed by atoms with E-state index in [0.29, 0.717) is 22.4 Å². The Balaban J connectivity index is 0.000000283. The van der Waals surface area contributed by atoms with Crippen molar-refractivity contribution >= 4 is 40.2 Å². The van der Waals surface area contributed by atoms with Crippen LogP contribution < -0.4 is 10.5 Å². The molecule has 0 saturated carbocycles. The van der Waals surface area contributed by atoms with E-state index < -0.39 is 5.76 Å². The maximum absolute atomic E-state index is 12.1. The van der Waals surface area contributed by atoms with Gasteiger partial charge in [0.1, 0.15) is 5.75 Å². The van der Waals surface area contributed by atoms with Gasteiger partial charge in [-0.1, -0.05) is 99.9 Å². The van der Waals surface area contributed by atoms with Gasteiger partial charge in [0.15, 0.2) is 0 Å². The molecular weight excluding hydrogens is 557 g/mol. The molecule has 0 bridgehead atoms. The van der Waals surface area contributed by atoms with Crippen LogP contribution in [0.1, 0.15) is 72.8 Å². The Bertz CT molecular complexity index is 1250. The Hall–Kier alpha value is -2.42. The first-order chi connectivity index (χ1) is 18.4. The molecular formula is C29H39Cl2N3O4S. The highest BCUT2D eigenvalue weighted by Gasteiger charge is 2.24. The van der Waals surface area contributed by atoms with Crippen LogP contribution in [0.2, 0.25) is 10.0 Å². The zero-order chi connectivity index (χ0) is 29.2. The van der Waals surface area contributed by atoms with Crippen molar-refractivity contribution in [2.75, 3.05) is 13.1 Å². The lowest BCUT2D eigenvalue weighted by molar-refractivity contribution is 0.223. The van der Waals surface area contributed by atoms with Crippen LogP contribution in [0.25, 0.3) is 5.69 Å². The number of aromatic nitrogens is 2. The van der Waals surface area contributed by atoms with E-state index in [2.05, 4.69) is 31.1 Å². The summed E-state index contributed by atoms with van der Waals surface area (Å²) in [5, 5.41) is 5.08. The summed E-state index contributed by atoms with van der Waals surface area (Å²) < 4.78 is 11.9. The van der Waals surface area contributed by atoms with E-state index in [1.165, 1.54) is 23.4 Å². The molecule has 1 aromatic heterocycles. The van der Waals surface area contributed by atoms with Crippen molar-refractivity contribution in [2.24, 2.45) is 0 Å². The second-order valence-electron chi connectivity index (χ2n) is 10.3.